The molecule has 7 heteroatoms. The maximum atomic E-state index is 13.9. The maximum absolute atomic E-state index is 13.9. The summed E-state index contributed by atoms with van der Waals surface area (Å²) in [5.74, 6) is 4.55. The number of nitrogens with two attached hydrogens (primary N) is 1. The molecule has 0 aromatic carbocycles. The van der Waals surface area contributed by atoms with Crippen LogP contribution in [0.15, 0.2) is 35.1 Å². The van der Waals surface area contributed by atoms with E-state index in [4.69, 9.17) is 10.3 Å². The standard InChI is InChI=1S/C14H17FN4O2/c1-9(4-5-10-3-2-8-21-10)18-14(20)11-6-7-17-13(19-16)12(11)15/h2-3,6-9H,4-5,16H2,1H3,(H,17,19)(H,18,20). The second-order valence-corrected chi connectivity index (χ2v) is 4.66. The fraction of sp³-hybridized carbons (Fsp3) is 0.286. The normalized spacial score (nSPS) is 12.0. The monoisotopic (exact) mass is 292 g/mol. The lowest BCUT2D eigenvalue weighted by Crippen LogP contribution is -2.33. The zero-order valence-electron chi connectivity index (χ0n) is 11.6. The third kappa shape index (κ3) is 3.79. The van der Waals surface area contributed by atoms with Crippen molar-refractivity contribution in [2.24, 2.45) is 5.84 Å². The zero-order chi connectivity index (χ0) is 15.2. The summed E-state index contributed by atoms with van der Waals surface area (Å²) in [7, 11) is 0. The van der Waals surface area contributed by atoms with E-state index in [1.54, 1.807) is 6.26 Å². The number of hydrogen-bond donors (Lipinski definition) is 3. The Balaban J connectivity index is 1.94. The second kappa shape index (κ2) is 6.85. The van der Waals surface area contributed by atoms with Gasteiger partial charge in [-0.1, -0.05) is 0 Å². The van der Waals surface area contributed by atoms with Gasteiger partial charge in [0.2, 0.25) is 0 Å². The van der Waals surface area contributed by atoms with Gasteiger partial charge in [-0.3, -0.25) is 4.79 Å². The van der Waals surface area contributed by atoms with Gasteiger partial charge in [-0.15, -0.1) is 0 Å². The lowest BCUT2D eigenvalue weighted by Gasteiger charge is -2.14. The Labute approximate surface area is 121 Å². The largest absolute Gasteiger partial charge is 0.469 e. The lowest BCUT2D eigenvalue weighted by atomic mass is 10.1. The van der Waals surface area contributed by atoms with Gasteiger partial charge in [0.25, 0.3) is 5.91 Å². The number of nitrogen functional groups attached to an aromatic ring is 1. The molecule has 0 radical (unpaired) electrons. The number of amides is 1. The first kappa shape index (κ1) is 15.0. The molecule has 0 saturated heterocycles. The van der Waals surface area contributed by atoms with Crippen LogP contribution in [0, 0.1) is 5.82 Å². The van der Waals surface area contributed by atoms with Crippen LogP contribution in [0.3, 0.4) is 0 Å². The topological polar surface area (TPSA) is 93.2 Å². The van der Waals surface area contributed by atoms with Gasteiger partial charge in [0.05, 0.1) is 11.8 Å². The lowest BCUT2D eigenvalue weighted by molar-refractivity contribution is 0.0934. The molecule has 112 valence electrons. The van der Waals surface area contributed by atoms with Crippen molar-refractivity contribution in [3.8, 4) is 0 Å². The van der Waals surface area contributed by atoms with Crippen molar-refractivity contribution < 1.29 is 13.6 Å². The van der Waals surface area contributed by atoms with E-state index in [1.807, 2.05) is 19.1 Å². The average molecular weight is 292 g/mol. The Morgan fingerprint density at radius 1 is 1.52 bits per heavy atom. The molecule has 0 bridgehead atoms. The minimum Gasteiger partial charge on any atom is -0.469 e. The number of hydrogen-bond acceptors (Lipinski definition) is 5. The molecule has 2 rings (SSSR count). The van der Waals surface area contributed by atoms with E-state index in [9.17, 15) is 9.18 Å². The van der Waals surface area contributed by atoms with Gasteiger partial charge in [-0.05, 0) is 31.5 Å². The first-order valence-electron chi connectivity index (χ1n) is 6.56. The molecule has 0 aliphatic heterocycles. The first-order valence-corrected chi connectivity index (χ1v) is 6.56. The van der Waals surface area contributed by atoms with Crippen molar-refractivity contribution in [2.75, 3.05) is 5.43 Å². The summed E-state index contributed by atoms with van der Waals surface area (Å²) in [5, 5.41) is 2.73. The van der Waals surface area contributed by atoms with E-state index in [-0.39, 0.29) is 17.4 Å². The molecule has 0 fully saturated rings. The SMILES string of the molecule is CC(CCc1ccco1)NC(=O)c1ccnc(NN)c1F. The number of furan rings is 1. The predicted molar refractivity (Wildman–Crippen MR) is 76.0 cm³/mol. The van der Waals surface area contributed by atoms with Crippen LogP contribution in [-0.2, 0) is 6.42 Å². The number of nitrogens with zero attached hydrogens (tertiary/aromatic N) is 1. The molecule has 1 amide bonds. The highest BCUT2D eigenvalue weighted by Gasteiger charge is 2.17. The zero-order valence-corrected chi connectivity index (χ0v) is 11.6. The van der Waals surface area contributed by atoms with Crippen LogP contribution < -0.4 is 16.6 Å². The summed E-state index contributed by atoms with van der Waals surface area (Å²) < 4.78 is 19.1. The van der Waals surface area contributed by atoms with Crippen molar-refractivity contribution in [1.82, 2.24) is 10.3 Å². The minimum atomic E-state index is -0.768. The fourth-order valence-electron chi connectivity index (χ4n) is 1.91. The molecule has 4 N–H and O–H groups in total. The van der Waals surface area contributed by atoms with Gasteiger partial charge >= 0.3 is 0 Å². The number of aromatic nitrogens is 1. The molecule has 2 aromatic heterocycles. The summed E-state index contributed by atoms with van der Waals surface area (Å²) in [4.78, 5) is 15.7. The van der Waals surface area contributed by atoms with Crippen LogP contribution in [0.5, 0.6) is 0 Å². The van der Waals surface area contributed by atoms with Crippen LogP contribution in [-0.4, -0.2) is 16.9 Å². The highest BCUT2D eigenvalue weighted by atomic mass is 19.1. The van der Waals surface area contributed by atoms with E-state index < -0.39 is 11.7 Å². The van der Waals surface area contributed by atoms with Crippen molar-refractivity contribution in [2.45, 2.75) is 25.8 Å². The second-order valence-electron chi connectivity index (χ2n) is 4.66. The van der Waals surface area contributed by atoms with Crippen LogP contribution in [0.25, 0.3) is 0 Å². The number of carbonyl (C=O) groups is 1. The number of nitrogens with one attached hydrogen (secondary N) is 2. The van der Waals surface area contributed by atoms with Gasteiger partial charge in [-0.25, -0.2) is 15.2 Å². The Morgan fingerprint density at radius 3 is 3.00 bits per heavy atom. The van der Waals surface area contributed by atoms with Gasteiger partial charge < -0.3 is 15.2 Å². The number of pyridine rings is 1. The minimum absolute atomic E-state index is 0.0946. The molecular formula is C14H17FN4O2. The third-order valence-corrected chi connectivity index (χ3v) is 3.05. The Hall–Kier alpha value is -2.41. The van der Waals surface area contributed by atoms with E-state index >= 15 is 0 Å². The molecule has 21 heavy (non-hydrogen) atoms. The molecule has 0 saturated carbocycles. The summed E-state index contributed by atoms with van der Waals surface area (Å²) in [6.07, 6.45) is 4.31. The molecule has 1 atom stereocenters. The van der Waals surface area contributed by atoms with E-state index in [0.29, 0.717) is 12.8 Å². The molecule has 1 unspecified atom stereocenters. The predicted octanol–water partition coefficient (Wildman–Crippen LogP) is 1.85. The Kier molecular flexibility index (Phi) is 4.89. The first-order chi connectivity index (χ1) is 10.1. The summed E-state index contributed by atoms with van der Waals surface area (Å²) >= 11 is 0. The molecule has 2 heterocycles. The number of carbonyl (C=O) groups excluding carboxylic acids is 1. The summed E-state index contributed by atoms with van der Waals surface area (Å²) in [6, 6.07) is 4.87. The van der Waals surface area contributed by atoms with Gasteiger partial charge in [0, 0.05) is 18.7 Å². The van der Waals surface area contributed by atoms with Crippen LogP contribution in [0.2, 0.25) is 0 Å². The van der Waals surface area contributed by atoms with Crippen molar-refractivity contribution in [1.29, 1.82) is 0 Å². The van der Waals surface area contributed by atoms with Crippen LogP contribution >= 0.6 is 0 Å². The molecule has 0 spiro atoms. The van der Waals surface area contributed by atoms with E-state index in [2.05, 4.69) is 15.7 Å². The third-order valence-electron chi connectivity index (χ3n) is 3.05. The average Bonchev–Trinajstić information content (AvgIpc) is 2.98. The fourth-order valence-corrected chi connectivity index (χ4v) is 1.91. The van der Waals surface area contributed by atoms with Gasteiger partial charge in [-0.2, -0.15) is 0 Å². The van der Waals surface area contributed by atoms with E-state index in [1.165, 1.54) is 12.3 Å². The van der Waals surface area contributed by atoms with E-state index in [0.717, 1.165) is 5.76 Å². The van der Waals surface area contributed by atoms with Crippen LogP contribution in [0.4, 0.5) is 10.2 Å². The van der Waals surface area contributed by atoms with Crippen molar-refractivity contribution in [3.05, 3.63) is 47.8 Å². The van der Waals surface area contributed by atoms with Gasteiger partial charge in [0.15, 0.2) is 11.6 Å². The Morgan fingerprint density at radius 2 is 2.33 bits per heavy atom. The van der Waals surface area contributed by atoms with Gasteiger partial charge in [0.1, 0.15) is 5.76 Å². The quantitative estimate of drug-likeness (QED) is 0.558. The Bertz CT molecular complexity index is 601. The smallest absolute Gasteiger partial charge is 0.254 e. The summed E-state index contributed by atoms with van der Waals surface area (Å²) in [6.45, 7) is 1.85. The number of rotatable bonds is 6. The number of halogens is 1. The molecule has 6 nitrogen and oxygen atoms in total. The molecular weight excluding hydrogens is 275 g/mol. The van der Waals surface area contributed by atoms with Crippen LogP contribution in [0.1, 0.15) is 29.5 Å². The van der Waals surface area contributed by atoms with Crippen molar-refractivity contribution in [3.63, 3.8) is 0 Å². The maximum Gasteiger partial charge on any atom is 0.254 e. The highest BCUT2D eigenvalue weighted by molar-refractivity contribution is 5.95. The van der Waals surface area contributed by atoms with Crippen molar-refractivity contribution >= 4 is 11.7 Å². The molecule has 2 aromatic rings. The molecule has 0 aliphatic rings. The number of hydrazine groups is 1. The highest BCUT2D eigenvalue weighted by Crippen LogP contribution is 2.14. The summed E-state index contributed by atoms with van der Waals surface area (Å²) in [5.41, 5.74) is 2.01. The molecule has 0 aliphatic carbocycles. The number of anilines is 1. The number of aryl methyl sites for hydroxylation is 1.